The Hall–Kier alpha value is -1.39. The quantitative estimate of drug-likeness (QED) is 0.921. The summed E-state index contributed by atoms with van der Waals surface area (Å²) in [5, 5.41) is 3.11. The number of pyridine rings is 1. The largest absolute Gasteiger partial charge is 0.489 e. The van der Waals surface area contributed by atoms with Gasteiger partial charge in [0.15, 0.2) is 0 Å². The Labute approximate surface area is 115 Å². The number of halogens is 1. The van der Waals surface area contributed by atoms with Gasteiger partial charge >= 0.3 is 0 Å². The van der Waals surface area contributed by atoms with E-state index in [1.54, 1.807) is 12.4 Å². The molecule has 18 heavy (non-hydrogen) atoms. The Morgan fingerprint density at radius 1 is 1.17 bits per heavy atom. The first-order chi connectivity index (χ1) is 8.78. The average molecular weight is 307 g/mol. The molecule has 2 rings (SSSR count). The van der Waals surface area contributed by atoms with Gasteiger partial charge in [0.1, 0.15) is 12.4 Å². The van der Waals surface area contributed by atoms with Crippen LogP contribution in [-0.2, 0) is 13.2 Å². The van der Waals surface area contributed by atoms with Gasteiger partial charge in [0.25, 0.3) is 0 Å². The summed E-state index contributed by atoms with van der Waals surface area (Å²) < 4.78 is 6.66. The van der Waals surface area contributed by atoms with E-state index in [2.05, 4.69) is 38.4 Å². The molecular weight excluding hydrogens is 292 g/mol. The van der Waals surface area contributed by atoms with E-state index in [9.17, 15) is 0 Å². The number of nitrogens with one attached hydrogen (secondary N) is 1. The van der Waals surface area contributed by atoms with E-state index in [0.717, 1.165) is 22.3 Å². The fourth-order valence-electron chi connectivity index (χ4n) is 1.61. The molecule has 0 bridgehead atoms. The number of benzene rings is 1. The van der Waals surface area contributed by atoms with Crippen molar-refractivity contribution in [1.82, 2.24) is 10.3 Å². The average Bonchev–Trinajstić information content (AvgIpc) is 2.38. The van der Waals surface area contributed by atoms with Crippen LogP contribution in [0, 0.1) is 0 Å². The molecule has 0 radical (unpaired) electrons. The number of aromatic nitrogens is 1. The summed E-state index contributed by atoms with van der Waals surface area (Å²) in [6, 6.07) is 10.1. The third-order valence-corrected chi connectivity index (χ3v) is 2.90. The van der Waals surface area contributed by atoms with E-state index in [1.807, 2.05) is 25.2 Å². The molecule has 0 amide bonds. The lowest BCUT2D eigenvalue weighted by molar-refractivity contribution is 0.305. The zero-order chi connectivity index (χ0) is 12.8. The highest BCUT2D eigenvalue weighted by Crippen LogP contribution is 2.15. The monoisotopic (exact) mass is 306 g/mol. The summed E-state index contributed by atoms with van der Waals surface area (Å²) in [5.41, 5.74) is 2.29. The second-order valence-corrected chi connectivity index (χ2v) is 4.89. The Bertz CT molecular complexity index is 499. The first kappa shape index (κ1) is 13.1. The summed E-state index contributed by atoms with van der Waals surface area (Å²) in [4.78, 5) is 4.10. The van der Waals surface area contributed by atoms with Crippen LogP contribution >= 0.6 is 15.9 Å². The van der Waals surface area contributed by atoms with Crippen LogP contribution in [0.3, 0.4) is 0 Å². The molecule has 1 aromatic heterocycles. The smallest absolute Gasteiger partial charge is 0.119 e. The minimum Gasteiger partial charge on any atom is -0.489 e. The fourth-order valence-corrected chi connectivity index (χ4v) is 2.02. The van der Waals surface area contributed by atoms with Crippen LogP contribution in [-0.4, -0.2) is 12.0 Å². The maximum atomic E-state index is 5.70. The molecule has 0 saturated heterocycles. The van der Waals surface area contributed by atoms with Crippen molar-refractivity contribution in [2.75, 3.05) is 7.05 Å². The van der Waals surface area contributed by atoms with Gasteiger partial charge in [0, 0.05) is 29.0 Å². The van der Waals surface area contributed by atoms with Crippen molar-refractivity contribution in [3.8, 4) is 5.75 Å². The van der Waals surface area contributed by atoms with Gasteiger partial charge in [0.2, 0.25) is 0 Å². The van der Waals surface area contributed by atoms with E-state index in [1.165, 1.54) is 5.56 Å². The maximum absolute atomic E-state index is 5.70. The van der Waals surface area contributed by atoms with Crippen LogP contribution in [0.15, 0.2) is 47.2 Å². The first-order valence-corrected chi connectivity index (χ1v) is 6.53. The highest BCUT2D eigenvalue weighted by molar-refractivity contribution is 9.10. The summed E-state index contributed by atoms with van der Waals surface area (Å²) >= 11 is 3.39. The van der Waals surface area contributed by atoms with E-state index in [0.29, 0.717) is 6.61 Å². The molecule has 94 valence electrons. The molecule has 0 aliphatic heterocycles. The lowest BCUT2D eigenvalue weighted by Gasteiger charge is -2.07. The molecule has 2 aromatic rings. The van der Waals surface area contributed by atoms with Gasteiger partial charge in [-0.25, -0.2) is 0 Å². The molecule has 0 spiro atoms. The number of rotatable bonds is 5. The molecular formula is C14H15BrN2O. The topological polar surface area (TPSA) is 34.1 Å². The maximum Gasteiger partial charge on any atom is 0.119 e. The van der Waals surface area contributed by atoms with Gasteiger partial charge < -0.3 is 10.1 Å². The van der Waals surface area contributed by atoms with Crippen molar-refractivity contribution in [2.24, 2.45) is 0 Å². The Kier molecular flexibility index (Phi) is 4.73. The molecule has 0 unspecified atom stereocenters. The Balaban J connectivity index is 1.93. The zero-order valence-electron chi connectivity index (χ0n) is 10.2. The molecule has 0 aliphatic rings. The predicted octanol–water partition coefficient (Wildman–Crippen LogP) is 3.14. The van der Waals surface area contributed by atoms with Crippen molar-refractivity contribution >= 4 is 15.9 Å². The molecule has 1 heterocycles. The normalized spacial score (nSPS) is 10.3. The van der Waals surface area contributed by atoms with E-state index < -0.39 is 0 Å². The van der Waals surface area contributed by atoms with E-state index >= 15 is 0 Å². The Morgan fingerprint density at radius 2 is 1.94 bits per heavy atom. The van der Waals surface area contributed by atoms with Gasteiger partial charge in [-0.05, 0) is 46.7 Å². The number of hydrogen-bond donors (Lipinski definition) is 1. The summed E-state index contributed by atoms with van der Waals surface area (Å²) in [7, 11) is 1.94. The standard InChI is InChI=1S/C14H15BrN2O/c1-16-7-11-2-4-14(5-3-11)18-10-12-6-13(15)9-17-8-12/h2-6,8-9,16H,7,10H2,1H3. The molecule has 1 N–H and O–H groups in total. The molecule has 0 saturated carbocycles. The summed E-state index contributed by atoms with van der Waals surface area (Å²) in [6.07, 6.45) is 3.57. The minimum absolute atomic E-state index is 0.526. The van der Waals surface area contributed by atoms with Crippen LogP contribution < -0.4 is 10.1 Å². The molecule has 0 aliphatic carbocycles. The summed E-state index contributed by atoms with van der Waals surface area (Å²) in [6.45, 7) is 1.40. The predicted molar refractivity (Wildman–Crippen MR) is 75.5 cm³/mol. The number of nitrogens with zero attached hydrogens (tertiary/aromatic N) is 1. The first-order valence-electron chi connectivity index (χ1n) is 5.73. The van der Waals surface area contributed by atoms with Crippen molar-refractivity contribution in [3.63, 3.8) is 0 Å². The van der Waals surface area contributed by atoms with Gasteiger partial charge in [-0.1, -0.05) is 12.1 Å². The van der Waals surface area contributed by atoms with Crippen LogP contribution in [0.25, 0.3) is 0 Å². The zero-order valence-corrected chi connectivity index (χ0v) is 11.8. The van der Waals surface area contributed by atoms with Crippen LogP contribution in [0.5, 0.6) is 5.75 Å². The van der Waals surface area contributed by atoms with Crippen LogP contribution in [0.4, 0.5) is 0 Å². The van der Waals surface area contributed by atoms with Crippen LogP contribution in [0.1, 0.15) is 11.1 Å². The highest BCUT2D eigenvalue weighted by atomic mass is 79.9. The fraction of sp³-hybridized carbons (Fsp3) is 0.214. The third kappa shape index (κ3) is 3.82. The molecule has 3 nitrogen and oxygen atoms in total. The highest BCUT2D eigenvalue weighted by Gasteiger charge is 1.98. The second-order valence-electron chi connectivity index (χ2n) is 3.97. The minimum atomic E-state index is 0.526. The second kappa shape index (κ2) is 6.52. The van der Waals surface area contributed by atoms with E-state index in [-0.39, 0.29) is 0 Å². The third-order valence-electron chi connectivity index (χ3n) is 2.47. The lowest BCUT2D eigenvalue weighted by Crippen LogP contribution is -2.04. The van der Waals surface area contributed by atoms with Crippen molar-refractivity contribution in [3.05, 3.63) is 58.3 Å². The van der Waals surface area contributed by atoms with Gasteiger partial charge in [-0.3, -0.25) is 4.98 Å². The SMILES string of the molecule is CNCc1ccc(OCc2cncc(Br)c2)cc1. The number of hydrogen-bond acceptors (Lipinski definition) is 3. The van der Waals surface area contributed by atoms with Gasteiger partial charge in [0.05, 0.1) is 0 Å². The van der Waals surface area contributed by atoms with Crippen molar-refractivity contribution in [1.29, 1.82) is 0 Å². The Morgan fingerprint density at radius 3 is 2.61 bits per heavy atom. The molecule has 4 heteroatoms. The summed E-state index contributed by atoms with van der Waals surface area (Å²) in [5.74, 6) is 0.870. The molecule has 0 fully saturated rings. The van der Waals surface area contributed by atoms with Gasteiger partial charge in [-0.15, -0.1) is 0 Å². The molecule has 1 aromatic carbocycles. The van der Waals surface area contributed by atoms with Crippen molar-refractivity contribution in [2.45, 2.75) is 13.2 Å². The lowest BCUT2D eigenvalue weighted by atomic mass is 10.2. The van der Waals surface area contributed by atoms with E-state index in [4.69, 9.17) is 4.74 Å². The van der Waals surface area contributed by atoms with Gasteiger partial charge in [-0.2, -0.15) is 0 Å². The number of ether oxygens (including phenoxy) is 1. The molecule has 0 atom stereocenters. The van der Waals surface area contributed by atoms with Crippen LogP contribution in [0.2, 0.25) is 0 Å². The van der Waals surface area contributed by atoms with Crippen molar-refractivity contribution < 1.29 is 4.74 Å².